The average molecular weight is 283 g/mol. The van der Waals surface area contributed by atoms with Crippen molar-refractivity contribution in [2.75, 3.05) is 0 Å². The maximum Gasteiger partial charge on any atom is 0.286 e. The molecule has 1 rings (SSSR count). The first kappa shape index (κ1) is 16.8. The lowest BCUT2D eigenvalue weighted by Gasteiger charge is -2.07. The van der Waals surface area contributed by atoms with Crippen LogP contribution < -0.4 is 0 Å². The van der Waals surface area contributed by atoms with Gasteiger partial charge in [0, 0.05) is 22.5 Å². The Morgan fingerprint density at radius 3 is 1.95 bits per heavy atom. The molecule has 0 radical (unpaired) electrons. The largest absolute Gasteiger partial charge is 0.286 e. The second-order valence-corrected chi connectivity index (χ2v) is 6.99. The molecule has 0 saturated carbocycles. The Balaban J connectivity index is 3.28. The zero-order valence-electron chi connectivity index (χ0n) is 13.5. The highest BCUT2D eigenvalue weighted by molar-refractivity contribution is 5.56. The summed E-state index contributed by atoms with van der Waals surface area (Å²) in [6, 6.07) is 4.94. The Kier molecular flexibility index (Phi) is 4.81. The minimum absolute atomic E-state index is 0.00691. The summed E-state index contributed by atoms with van der Waals surface area (Å²) in [5.74, 6) is 12.0. The zero-order chi connectivity index (χ0) is 16.3. The fraction of sp³-hybridized carbons (Fsp3) is 0.444. The maximum atomic E-state index is 11.2. The summed E-state index contributed by atoms with van der Waals surface area (Å²) in [7, 11) is 0. The minimum atomic E-state index is -0.408. The highest BCUT2D eigenvalue weighted by atomic mass is 16.6. The molecule has 3 nitrogen and oxygen atoms in total. The van der Waals surface area contributed by atoms with E-state index in [4.69, 9.17) is 0 Å². The van der Waals surface area contributed by atoms with Crippen molar-refractivity contribution in [2.24, 2.45) is 10.8 Å². The van der Waals surface area contributed by atoms with E-state index in [1.54, 1.807) is 12.1 Å². The van der Waals surface area contributed by atoms with E-state index in [2.05, 4.69) is 23.7 Å². The highest BCUT2D eigenvalue weighted by Gasteiger charge is 2.13. The van der Waals surface area contributed by atoms with Gasteiger partial charge in [-0.15, -0.1) is 0 Å². The Bertz CT molecular complexity index is 666. The molecule has 0 aliphatic rings. The van der Waals surface area contributed by atoms with E-state index in [1.165, 1.54) is 6.07 Å². The normalized spacial score (nSPS) is 11.0. The minimum Gasteiger partial charge on any atom is -0.258 e. The molecule has 1 aromatic carbocycles. The quantitative estimate of drug-likeness (QED) is 0.436. The van der Waals surface area contributed by atoms with Crippen LogP contribution in [-0.2, 0) is 0 Å². The molecule has 1 aromatic rings. The van der Waals surface area contributed by atoms with Crippen molar-refractivity contribution in [3.63, 3.8) is 0 Å². The van der Waals surface area contributed by atoms with Crippen LogP contribution in [0.1, 0.15) is 52.7 Å². The topological polar surface area (TPSA) is 43.1 Å². The number of nitro benzene ring substituents is 1. The molecule has 0 N–H and O–H groups in total. The molecule has 0 aliphatic heterocycles. The van der Waals surface area contributed by atoms with Crippen LogP contribution in [0.2, 0.25) is 0 Å². The molecule has 21 heavy (non-hydrogen) atoms. The number of hydrogen-bond acceptors (Lipinski definition) is 2. The molecule has 0 aliphatic carbocycles. The Labute approximate surface area is 126 Å². The summed E-state index contributed by atoms with van der Waals surface area (Å²) < 4.78 is 0. The molecule has 0 unspecified atom stereocenters. The van der Waals surface area contributed by atoms with Gasteiger partial charge in [-0.25, -0.2) is 0 Å². The van der Waals surface area contributed by atoms with E-state index >= 15 is 0 Å². The lowest BCUT2D eigenvalue weighted by atomic mass is 9.96. The first-order valence-corrected chi connectivity index (χ1v) is 6.83. The van der Waals surface area contributed by atoms with Crippen LogP contribution in [-0.4, -0.2) is 4.92 Å². The summed E-state index contributed by atoms with van der Waals surface area (Å²) in [6.45, 7) is 11.9. The molecule has 0 aromatic heterocycles. The van der Waals surface area contributed by atoms with Crippen molar-refractivity contribution in [1.29, 1.82) is 0 Å². The number of benzene rings is 1. The molecule has 0 spiro atoms. The van der Waals surface area contributed by atoms with Gasteiger partial charge >= 0.3 is 0 Å². The lowest BCUT2D eigenvalue weighted by molar-refractivity contribution is -0.385. The zero-order valence-corrected chi connectivity index (χ0v) is 13.5. The van der Waals surface area contributed by atoms with Gasteiger partial charge in [-0.2, -0.15) is 0 Å². The first-order valence-electron chi connectivity index (χ1n) is 6.83. The van der Waals surface area contributed by atoms with Gasteiger partial charge < -0.3 is 0 Å². The summed E-state index contributed by atoms with van der Waals surface area (Å²) >= 11 is 0. The van der Waals surface area contributed by atoms with E-state index in [1.807, 2.05) is 41.5 Å². The molecule has 3 heteroatoms. The molecule has 0 bridgehead atoms. The third kappa shape index (κ3) is 6.15. The second kappa shape index (κ2) is 6.02. The molecule has 110 valence electrons. The Hall–Kier alpha value is -2.26. The molecule has 0 fully saturated rings. The van der Waals surface area contributed by atoms with Gasteiger partial charge in [-0.1, -0.05) is 23.7 Å². The van der Waals surface area contributed by atoms with Crippen LogP contribution in [0.3, 0.4) is 0 Å². The van der Waals surface area contributed by atoms with Crippen molar-refractivity contribution in [3.8, 4) is 23.7 Å². The van der Waals surface area contributed by atoms with Crippen molar-refractivity contribution in [2.45, 2.75) is 41.5 Å². The van der Waals surface area contributed by atoms with E-state index < -0.39 is 4.92 Å². The van der Waals surface area contributed by atoms with E-state index in [-0.39, 0.29) is 16.5 Å². The van der Waals surface area contributed by atoms with E-state index in [0.29, 0.717) is 11.1 Å². The SMILES string of the molecule is CC(C)(C)C#Cc1ccc(C#CC(C)(C)C)c([N+](=O)[O-])c1. The Morgan fingerprint density at radius 1 is 0.952 bits per heavy atom. The summed E-state index contributed by atoms with van der Waals surface area (Å²) in [5, 5.41) is 11.2. The van der Waals surface area contributed by atoms with Crippen molar-refractivity contribution >= 4 is 5.69 Å². The number of rotatable bonds is 1. The van der Waals surface area contributed by atoms with E-state index in [9.17, 15) is 10.1 Å². The average Bonchev–Trinajstić information content (AvgIpc) is 2.32. The maximum absolute atomic E-state index is 11.2. The summed E-state index contributed by atoms with van der Waals surface area (Å²) in [5.41, 5.74) is 0.736. The van der Waals surface area contributed by atoms with Crippen LogP contribution >= 0.6 is 0 Å². The van der Waals surface area contributed by atoms with Crippen LogP contribution in [0, 0.1) is 44.6 Å². The molecular weight excluding hydrogens is 262 g/mol. The predicted octanol–water partition coefficient (Wildman–Crippen LogP) is 4.39. The fourth-order valence-corrected chi connectivity index (χ4v) is 1.38. The van der Waals surface area contributed by atoms with Crippen molar-refractivity contribution in [1.82, 2.24) is 0 Å². The van der Waals surface area contributed by atoms with Crippen molar-refractivity contribution in [3.05, 3.63) is 39.4 Å². The number of nitrogens with zero attached hydrogens (tertiary/aromatic N) is 1. The highest BCUT2D eigenvalue weighted by Crippen LogP contribution is 2.21. The lowest BCUT2D eigenvalue weighted by Crippen LogP contribution is -2.01. The van der Waals surface area contributed by atoms with Crippen LogP contribution in [0.5, 0.6) is 0 Å². The molecule has 0 heterocycles. The number of hydrogen-bond donors (Lipinski definition) is 0. The third-order valence-corrected chi connectivity index (χ3v) is 2.35. The third-order valence-electron chi connectivity index (χ3n) is 2.35. The predicted molar refractivity (Wildman–Crippen MR) is 85.8 cm³/mol. The first-order chi connectivity index (χ1) is 9.48. The van der Waals surface area contributed by atoms with Gasteiger partial charge in [0.1, 0.15) is 5.56 Å². The van der Waals surface area contributed by atoms with E-state index in [0.717, 1.165) is 0 Å². The standard InChI is InChI=1S/C18H21NO2/c1-17(2,3)11-9-14-7-8-15(10-12-18(4,5)6)16(13-14)19(20)21/h7-8,13H,1-6H3. The smallest absolute Gasteiger partial charge is 0.258 e. The molecule has 0 amide bonds. The second-order valence-electron chi connectivity index (χ2n) is 6.99. The Morgan fingerprint density at radius 2 is 1.48 bits per heavy atom. The van der Waals surface area contributed by atoms with Gasteiger partial charge in [0.15, 0.2) is 0 Å². The van der Waals surface area contributed by atoms with Gasteiger partial charge in [0.05, 0.1) is 4.92 Å². The van der Waals surface area contributed by atoms with Crippen LogP contribution in [0.15, 0.2) is 18.2 Å². The van der Waals surface area contributed by atoms with Gasteiger partial charge in [-0.05, 0) is 53.7 Å². The van der Waals surface area contributed by atoms with Gasteiger partial charge in [0.2, 0.25) is 0 Å². The molecule has 0 atom stereocenters. The summed E-state index contributed by atoms with van der Waals surface area (Å²) in [6.07, 6.45) is 0. The molecule has 0 saturated heterocycles. The monoisotopic (exact) mass is 283 g/mol. The summed E-state index contributed by atoms with van der Waals surface area (Å²) in [4.78, 5) is 10.8. The fourth-order valence-electron chi connectivity index (χ4n) is 1.38. The van der Waals surface area contributed by atoms with Crippen LogP contribution in [0.4, 0.5) is 5.69 Å². The van der Waals surface area contributed by atoms with Crippen molar-refractivity contribution < 1.29 is 4.92 Å². The van der Waals surface area contributed by atoms with Crippen LogP contribution in [0.25, 0.3) is 0 Å². The van der Waals surface area contributed by atoms with Gasteiger partial charge in [-0.3, -0.25) is 10.1 Å². The number of nitro groups is 1. The molecular formula is C18H21NO2. The van der Waals surface area contributed by atoms with Gasteiger partial charge in [0.25, 0.3) is 5.69 Å².